The first-order valence-electron chi connectivity index (χ1n) is 29.9. The number of anilines is 6. The van der Waals surface area contributed by atoms with Gasteiger partial charge in [0.05, 0.1) is 0 Å². The molecule has 3 aliphatic rings. The molecule has 0 spiro atoms. The zero-order valence-electron chi connectivity index (χ0n) is 48.6. The van der Waals surface area contributed by atoms with Crippen molar-refractivity contribution in [2.75, 3.05) is 9.80 Å². The molecular formula is C82H62N2. The average Bonchev–Trinajstić information content (AvgIpc) is 1.04. The van der Waals surface area contributed by atoms with Gasteiger partial charge in [0, 0.05) is 50.4 Å². The zero-order chi connectivity index (χ0) is 56.5. The van der Waals surface area contributed by atoms with Crippen LogP contribution in [-0.2, 0) is 16.2 Å². The molecule has 0 saturated heterocycles. The monoisotopic (exact) mass is 1070 g/mol. The van der Waals surface area contributed by atoms with Gasteiger partial charge in [-0.1, -0.05) is 217 Å². The van der Waals surface area contributed by atoms with Crippen molar-refractivity contribution in [3.8, 4) is 33.4 Å². The molecule has 0 aromatic heterocycles. The molecule has 0 radical (unpaired) electrons. The third-order valence-corrected chi connectivity index (χ3v) is 20.1. The lowest BCUT2D eigenvalue weighted by atomic mass is 9.67. The maximum absolute atomic E-state index is 2.52. The highest BCUT2D eigenvalue weighted by atomic mass is 15.1. The number of hydrogen-bond acceptors (Lipinski definition) is 2. The Balaban J connectivity index is 0.841. The molecule has 17 rings (SSSR count). The summed E-state index contributed by atoms with van der Waals surface area (Å²) in [6, 6.07) is 94.7. The zero-order valence-corrected chi connectivity index (χ0v) is 48.6. The topological polar surface area (TPSA) is 6.48 Å². The molecule has 0 saturated carbocycles. The maximum atomic E-state index is 2.52. The molecule has 0 unspecified atom stereocenters. The molecule has 0 bridgehead atoms. The van der Waals surface area contributed by atoms with Gasteiger partial charge in [-0.05, 0) is 217 Å². The van der Waals surface area contributed by atoms with E-state index in [-0.39, 0.29) is 16.2 Å². The summed E-state index contributed by atoms with van der Waals surface area (Å²) in [5.74, 6) is 0. The summed E-state index contributed by atoms with van der Waals surface area (Å²) in [5, 5.41) is 15.2. The molecule has 2 heteroatoms. The molecule has 84 heavy (non-hydrogen) atoms. The lowest BCUT2D eigenvalue weighted by Gasteiger charge is -2.38. The fourth-order valence-corrected chi connectivity index (χ4v) is 15.8. The standard InChI is InChI=1S/C82H62N2/c1-49-60-37-31-56(83(54-32-38-63-52(43-54)29-27-50-17-8-10-19-61(50)63)57-34-40-67-65-21-12-14-24-72(65)80(2,3)75(67)46-57)45-71(60)69-23-16-26-74-79(69)78(49)70-42-36-59(48-77(70)82(74,6)7)84(55-33-39-64-53(44-55)30-28-51-18-9-11-20-62(51)64)58-35-41-68-66-22-13-15-25-73(66)81(4,5)76(68)47-58/h8-48H,1-7H3. The minimum Gasteiger partial charge on any atom is -0.310 e. The van der Waals surface area contributed by atoms with Crippen molar-refractivity contribution < 1.29 is 0 Å². The molecule has 400 valence electrons. The van der Waals surface area contributed by atoms with Crippen molar-refractivity contribution in [1.82, 2.24) is 0 Å². The molecule has 3 aliphatic carbocycles. The van der Waals surface area contributed by atoms with E-state index in [1.54, 1.807) is 0 Å². The van der Waals surface area contributed by atoms with Crippen LogP contribution in [0.5, 0.6) is 0 Å². The molecular weight excluding hydrogens is 1010 g/mol. The normalized spacial score (nSPS) is 14.7. The maximum Gasteiger partial charge on any atom is 0.0468 e. The van der Waals surface area contributed by atoms with Crippen LogP contribution in [0.2, 0.25) is 0 Å². The van der Waals surface area contributed by atoms with Gasteiger partial charge in [-0.25, -0.2) is 0 Å². The van der Waals surface area contributed by atoms with Crippen LogP contribution in [0.1, 0.15) is 80.5 Å². The number of fused-ring (bicyclic) bond motifs is 16. The van der Waals surface area contributed by atoms with Gasteiger partial charge in [0.25, 0.3) is 0 Å². The summed E-state index contributed by atoms with van der Waals surface area (Å²) < 4.78 is 0. The Hall–Kier alpha value is -9.76. The fourth-order valence-electron chi connectivity index (χ4n) is 15.8. The molecule has 14 aromatic rings. The van der Waals surface area contributed by atoms with Gasteiger partial charge in [-0.15, -0.1) is 0 Å². The molecule has 0 fully saturated rings. The van der Waals surface area contributed by atoms with E-state index >= 15 is 0 Å². The Morgan fingerprint density at radius 1 is 0.238 bits per heavy atom. The third-order valence-electron chi connectivity index (χ3n) is 20.1. The molecule has 0 aliphatic heterocycles. The van der Waals surface area contributed by atoms with E-state index in [0.717, 1.165) is 34.1 Å². The van der Waals surface area contributed by atoms with Crippen LogP contribution in [0.15, 0.2) is 249 Å². The van der Waals surface area contributed by atoms with Crippen LogP contribution in [0.4, 0.5) is 34.1 Å². The van der Waals surface area contributed by atoms with Crippen LogP contribution in [0.3, 0.4) is 0 Å². The summed E-state index contributed by atoms with van der Waals surface area (Å²) >= 11 is 0. The van der Waals surface area contributed by atoms with Gasteiger partial charge in [-0.2, -0.15) is 0 Å². The number of hydrogen-bond donors (Lipinski definition) is 0. The van der Waals surface area contributed by atoms with Crippen molar-refractivity contribution >= 4 is 98.8 Å². The molecule has 0 heterocycles. The Morgan fingerprint density at radius 3 is 1.13 bits per heavy atom. The van der Waals surface area contributed by atoms with Gasteiger partial charge in [0.2, 0.25) is 0 Å². The first-order chi connectivity index (χ1) is 40.8. The van der Waals surface area contributed by atoms with Crippen molar-refractivity contribution in [3.63, 3.8) is 0 Å². The summed E-state index contributed by atoms with van der Waals surface area (Å²) in [5.41, 5.74) is 23.7. The summed E-state index contributed by atoms with van der Waals surface area (Å²) in [4.78, 5) is 5.02. The molecule has 0 atom stereocenters. The van der Waals surface area contributed by atoms with E-state index in [4.69, 9.17) is 0 Å². The minimum absolute atomic E-state index is 0.145. The van der Waals surface area contributed by atoms with Gasteiger partial charge >= 0.3 is 0 Å². The summed E-state index contributed by atoms with van der Waals surface area (Å²) in [7, 11) is 0. The van der Waals surface area contributed by atoms with Gasteiger partial charge in [-0.3, -0.25) is 0 Å². The highest BCUT2D eigenvalue weighted by Gasteiger charge is 2.39. The third kappa shape index (κ3) is 6.80. The number of rotatable bonds is 6. The van der Waals surface area contributed by atoms with Crippen molar-refractivity contribution in [1.29, 1.82) is 0 Å². The number of benzene rings is 14. The smallest absolute Gasteiger partial charge is 0.0468 e. The first-order valence-corrected chi connectivity index (χ1v) is 29.9. The van der Waals surface area contributed by atoms with E-state index < -0.39 is 0 Å². The van der Waals surface area contributed by atoms with Crippen LogP contribution in [0, 0.1) is 6.92 Å². The quantitative estimate of drug-likeness (QED) is 0.153. The van der Waals surface area contributed by atoms with Gasteiger partial charge in [0.15, 0.2) is 0 Å². The largest absolute Gasteiger partial charge is 0.310 e. The van der Waals surface area contributed by atoms with Crippen LogP contribution in [0.25, 0.3) is 98.0 Å². The van der Waals surface area contributed by atoms with Crippen LogP contribution >= 0.6 is 0 Å². The minimum atomic E-state index is -0.332. The molecule has 0 amide bonds. The second-order valence-corrected chi connectivity index (χ2v) is 25.7. The van der Waals surface area contributed by atoms with E-state index in [2.05, 4.69) is 307 Å². The summed E-state index contributed by atoms with van der Waals surface area (Å²) in [6.07, 6.45) is 0. The second kappa shape index (κ2) is 17.4. The Bertz CT molecular complexity index is 5210. The number of aryl methyl sites for hydroxylation is 1. The predicted molar refractivity (Wildman–Crippen MR) is 358 cm³/mol. The van der Waals surface area contributed by atoms with Crippen molar-refractivity contribution in [2.24, 2.45) is 0 Å². The van der Waals surface area contributed by atoms with E-state index in [1.807, 2.05) is 0 Å². The van der Waals surface area contributed by atoms with Crippen LogP contribution in [-0.4, -0.2) is 0 Å². The van der Waals surface area contributed by atoms with Crippen LogP contribution < -0.4 is 9.80 Å². The molecule has 0 N–H and O–H groups in total. The van der Waals surface area contributed by atoms with Crippen molar-refractivity contribution in [2.45, 2.75) is 64.7 Å². The van der Waals surface area contributed by atoms with Crippen molar-refractivity contribution in [3.05, 3.63) is 288 Å². The molecule has 2 nitrogen and oxygen atoms in total. The molecule has 14 aromatic carbocycles. The van der Waals surface area contributed by atoms with E-state index in [1.165, 1.54) is 137 Å². The predicted octanol–water partition coefficient (Wildman–Crippen LogP) is 22.8. The Labute approximate surface area is 491 Å². The Morgan fingerprint density at radius 2 is 0.595 bits per heavy atom. The van der Waals surface area contributed by atoms with E-state index in [9.17, 15) is 0 Å². The second-order valence-electron chi connectivity index (χ2n) is 25.7. The van der Waals surface area contributed by atoms with Gasteiger partial charge < -0.3 is 9.80 Å². The average molecular weight is 1080 g/mol. The number of nitrogens with zero attached hydrogens (tertiary/aromatic N) is 2. The summed E-state index contributed by atoms with van der Waals surface area (Å²) in [6.45, 7) is 16.8. The van der Waals surface area contributed by atoms with Gasteiger partial charge in [0.1, 0.15) is 0 Å². The highest BCUT2D eigenvalue weighted by molar-refractivity contribution is 6.20. The van der Waals surface area contributed by atoms with E-state index in [0.29, 0.717) is 0 Å². The fraction of sp³-hybridized carbons (Fsp3) is 0.122. The first kappa shape index (κ1) is 48.9. The lowest BCUT2D eigenvalue weighted by Crippen LogP contribution is -2.25. The SMILES string of the molecule is Cc1c2c3c(cccc3c3cc(N(c4ccc5c(c4)C(C)(C)c4ccccc4-5)c4ccc5c(ccc6ccccc65)c4)ccc13)C(C)(C)c1cc(N(c3ccc4c(c3)C(C)(C)c3ccccc3-4)c3ccc4c(ccc5ccccc54)c3)ccc1-2. The Kier molecular flexibility index (Phi) is 10.1. The lowest BCUT2D eigenvalue weighted by molar-refractivity contribution is 0.645. The highest BCUT2D eigenvalue weighted by Crippen LogP contribution is 2.57.